The zero-order valence-electron chi connectivity index (χ0n) is 17.8. The molecule has 8 heteroatoms. The molecule has 0 saturated carbocycles. The van der Waals surface area contributed by atoms with Crippen molar-refractivity contribution in [2.75, 3.05) is 23.8 Å². The zero-order chi connectivity index (χ0) is 22.9. The number of anilines is 2. The number of rotatable bonds is 5. The number of benzene rings is 3. The highest BCUT2D eigenvalue weighted by Gasteiger charge is 2.27. The van der Waals surface area contributed by atoms with E-state index in [-0.39, 0.29) is 16.7 Å². The molecular formula is C24H23N3O4S. The van der Waals surface area contributed by atoms with Crippen molar-refractivity contribution in [3.05, 3.63) is 89.0 Å². The first-order valence-electron chi connectivity index (χ1n) is 10.2. The van der Waals surface area contributed by atoms with E-state index in [0.29, 0.717) is 35.5 Å². The summed E-state index contributed by atoms with van der Waals surface area (Å²) < 4.78 is 26.4. The fourth-order valence-corrected chi connectivity index (χ4v) is 4.48. The predicted octanol–water partition coefficient (Wildman–Crippen LogP) is 3.36. The molecule has 1 heterocycles. The Morgan fingerprint density at radius 1 is 0.938 bits per heavy atom. The molecule has 0 fully saturated rings. The summed E-state index contributed by atoms with van der Waals surface area (Å²) in [6.45, 7) is 2.32. The predicted molar refractivity (Wildman–Crippen MR) is 124 cm³/mol. The smallest absolute Gasteiger partial charge is 0.258 e. The van der Waals surface area contributed by atoms with Crippen LogP contribution in [0.2, 0.25) is 0 Å². The largest absolute Gasteiger partial charge is 0.322 e. The minimum absolute atomic E-state index is 0.175. The summed E-state index contributed by atoms with van der Waals surface area (Å²) >= 11 is 0. The first kappa shape index (κ1) is 21.7. The lowest BCUT2D eigenvalue weighted by molar-refractivity contribution is 0.0986. The van der Waals surface area contributed by atoms with Gasteiger partial charge in [0, 0.05) is 29.0 Å². The molecule has 0 radical (unpaired) electrons. The standard InChI is InChI=1S/C24H23N3O4S/c1-16-8-9-19(15-21(16)26-23(28)17-6-4-3-5-7-17)24(29)27-13-12-18-14-20(10-11-22(18)27)32(30,31)25-2/h3-11,14-15,25H,12-13H2,1-2H3,(H,26,28). The summed E-state index contributed by atoms with van der Waals surface area (Å²) in [5, 5.41) is 2.88. The van der Waals surface area contributed by atoms with Gasteiger partial charge >= 0.3 is 0 Å². The van der Waals surface area contributed by atoms with Crippen molar-refractivity contribution in [1.29, 1.82) is 0 Å². The van der Waals surface area contributed by atoms with E-state index in [1.165, 1.54) is 13.1 Å². The molecule has 32 heavy (non-hydrogen) atoms. The van der Waals surface area contributed by atoms with Crippen LogP contribution in [0.3, 0.4) is 0 Å². The molecule has 1 aliphatic heterocycles. The summed E-state index contributed by atoms with van der Waals surface area (Å²) in [6, 6.07) is 18.8. The summed E-state index contributed by atoms with van der Waals surface area (Å²) in [5.41, 5.74) is 3.89. The van der Waals surface area contributed by atoms with Gasteiger partial charge in [-0.25, -0.2) is 13.1 Å². The van der Waals surface area contributed by atoms with Crippen molar-refractivity contribution in [2.45, 2.75) is 18.2 Å². The summed E-state index contributed by atoms with van der Waals surface area (Å²) in [4.78, 5) is 27.6. The topological polar surface area (TPSA) is 95.6 Å². The second-order valence-electron chi connectivity index (χ2n) is 7.55. The molecule has 7 nitrogen and oxygen atoms in total. The van der Waals surface area contributed by atoms with Crippen molar-refractivity contribution in [2.24, 2.45) is 0 Å². The number of hydrogen-bond donors (Lipinski definition) is 2. The first-order chi connectivity index (χ1) is 15.3. The number of aryl methyl sites for hydroxylation is 1. The third kappa shape index (κ3) is 4.15. The van der Waals surface area contributed by atoms with Gasteiger partial charge in [-0.3, -0.25) is 9.59 Å². The fourth-order valence-electron chi connectivity index (χ4n) is 3.70. The Hall–Kier alpha value is -3.49. The number of sulfonamides is 1. The van der Waals surface area contributed by atoms with Crippen LogP contribution in [-0.2, 0) is 16.4 Å². The van der Waals surface area contributed by atoms with E-state index in [1.807, 2.05) is 13.0 Å². The molecule has 3 aromatic carbocycles. The number of fused-ring (bicyclic) bond motifs is 1. The van der Waals surface area contributed by atoms with Crippen molar-refractivity contribution in [1.82, 2.24) is 4.72 Å². The van der Waals surface area contributed by atoms with Crippen molar-refractivity contribution < 1.29 is 18.0 Å². The lowest BCUT2D eigenvalue weighted by Gasteiger charge is -2.19. The normalized spacial score (nSPS) is 13.0. The van der Waals surface area contributed by atoms with Crippen LogP contribution in [0.5, 0.6) is 0 Å². The van der Waals surface area contributed by atoms with Gasteiger partial charge in [0.05, 0.1) is 4.90 Å². The van der Waals surface area contributed by atoms with E-state index in [0.717, 1.165) is 11.1 Å². The van der Waals surface area contributed by atoms with Crippen LogP contribution in [0.4, 0.5) is 11.4 Å². The number of nitrogens with zero attached hydrogens (tertiary/aromatic N) is 1. The Morgan fingerprint density at radius 3 is 2.41 bits per heavy atom. The van der Waals surface area contributed by atoms with E-state index in [1.54, 1.807) is 59.5 Å². The van der Waals surface area contributed by atoms with Crippen LogP contribution in [-0.4, -0.2) is 33.8 Å². The van der Waals surface area contributed by atoms with E-state index in [2.05, 4.69) is 10.0 Å². The summed E-state index contributed by atoms with van der Waals surface area (Å²) in [5.74, 6) is -0.453. The molecule has 3 aromatic rings. The molecule has 2 N–H and O–H groups in total. The van der Waals surface area contributed by atoms with E-state index in [4.69, 9.17) is 0 Å². The average molecular weight is 450 g/mol. The molecular weight excluding hydrogens is 426 g/mol. The molecule has 0 bridgehead atoms. The third-order valence-electron chi connectivity index (χ3n) is 5.54. The first-order valence-corrected chi connectivity index (χ1v) is 11.6. The highest BCUT2D eigenvalue weighted by Crippen LogP contribution is 2.32. The molecule has 0 aromatic heterocycles. The van der Waals surface area contributed by atoms with Crippen LogP contribution in [0, 0.1) is 6.92 Å². The second-order valence-corrected chi connectivity index (χ2v) is 9.44. The van der Waals surface area contributed by atoms with Gasteiger partial charge in [-0.15, -0.1) is 0 Å². The second kappa shape index (κ2) is 8.57. The Kier molecular flexibility index (Phi) is 5.82. The van der Waals surface area contributed by atoms with Crippen LogP contribution in [0.15, 0.2) is 71.6 Å². The van der Waals surface area contributed by atoms with E-state index in [9.17, 15) is 18.0 Å². The summed E-state index contributed by atoms with van der Waals surface area (Å²) in [6.07, 6.45) is 0.567. The highest BCUT2D eigenvalue weighted by atomic mass is 32.2. The number of nitrogens with one attached hydrogen (secondary N) is 2. The Bertz CT molecular complexity index is 1300. The van der Waals surface area contributed by atoms with Gasteiger partial charge in [0.2, 0.25) is 10.0 Å². The van der Waals surface area contributed by atoms with E-state index < -0.39 is 10.0 Å². The van der Waals surface area contributed by atoms with Crippen LogP contribution in [0.25, 0.3) is 0 Å². The van der Waals surface area contributed by atoms with Gasteiger partial charge in [0.25, 0.3) is 11.8 Å². The fraction of sp³-hybridized carbons (Fsp3) is 0.167. The quantitative estimate of drug-likeness (QED) is 0.624. The van der Waals surface area contributed by atoms with Crippen LogP contribution >= 0.6 is 0 Å². The average Bonchev–Trinajstić information content (AvgIpc) is 3.24. The maximum Gasteiger partial charge on any atom is 0.258 e. The molecule has 0 saturated heterocycles. The number of carbonyl (C=O) groups is 2. The summed E-state index contributed by atoms with van der Waals surface area (Å²) in [7, 11) is -2.18. The lowest BCUT2D eigenvalue weighted by Crippen LogP contribution is -2.29. The molecule has 4 rings (SSSR count). The van der Waals surface area contributed by atoms with Gasteiger partial charge < -0.3 is 10.2 Å². The molecule has 164 valence electrons. The van der Waals surface area contributed by atoms with Gasteiger partial charge in [-0.2, -0.15) is 0 Å². The molecule has 0 unspecified atom stereocenters. The molecule has 0 spiro atoms. The SMILES string of the molecule is CNS(=O)(=O)c1ccc2c(c1)CCN2C(=O)c1ccc(C)c(NC(=O)c2ccccc2)c1. The monoisotopic (exact) mass is 449 g/mol. The number of amides is 2. The third-order valence-corrected chi connectivity index (χ3v) is 6.95. The minimum atomic E-state index is -3.55. The molecule has 2 amide bonds. The number of hydrogen-bond acceptors (Lipinski definition) is 4. The van der Waals surface area contributed by atoms with Crippen molar-refractivity contribution >= 4 is 33.2 Å². The molecule has 0 aliphatic carbocycles. The Morgan fingerprint density at radius 2 is 1.69 bits per heavy atom. The maximum absolute atomic E-state index is 13.2. The Labute approximate surface area is 187 Å². The maximum atomic E-state index is 13.2. The van der Waals surface area contributed by atoms with E-state index >= 15 is 0 Å². The number of carbonyl (C=O) groups excluding carboxylic acids is 2. The molecule has 0 atom stereocenters. The lowest BCUT2D eigenvalue weighted by atomic mass is 10.1. The zero-order valence-corrected chi connectivity index (χ0v) is 18.6. The van der Waals surface area contributed by atoms with Crippen molar-refractivity contribution in [3.63, 3.8) is 0 Å². The molecule has 1 aliphatic rings. The van der Waals surface area contributed by atoms with Gasteiger partial charge in [-0.05, 0) is 74.0 Å². The van der Waals surface area contributed by atoms with Crippen molar-refractivity contribution in [3.8, 4) is 0 Å². The highest BCUT2D eigenvalue weighted by molar-refractivity contribution is 7.89. The van der Waals surface area contributed by atoms with Crippen LogP contribution < -0.4 is 14.9 Å². The van der Waals surface area contributed by atoms with Gasteiger partial charge in [0.15, 0.2) is 0 Å². The van der Waals surface area contributed by atoms with Gasteiger partial charge in [0.1, 0.15) is 0 Å². The van der Waals surface area contributed by atoms with Crippen LogP contribution in [0.1, 0.15) is 31.8 Å². The minimum Gasteiger partial charge on any atom is -0.322 e. The Balaban J connectivity index is 1.59. The van der Waals surface area contributed by atoms with Gasteiger partial charge in [-0.1, -0.05) is 24.3 Å².